The summed E-state index contributed by atoms with van der Waals surface area (Å²) in [4.78, 5) is 136. The van der Waals surface area contributed by atoms with Gasteiger partial charge < -0.3 is 69.9 Å². The molecule has 536 valence electrons. The lowest BCUT2D eigenvalue weighted by molar-refractivity contribution is -0.123. The first-order valence-corrected chi connectivity index (χ1v) is 34.0. The van der Waals surface area contributed by atoms with Gasteiger partial charge in [-0.1, -0.05) is 72.8 Å². The van der Waals surface area contributed by atoms with E-state index in [4.69, 9.17) is 42.1 Å². The van der Waals surface area contributed by atoms with E-state index in [0.717, 1.165) is 33.0 Å². The molecule has 6 aromatic carbocycles. The number of aromatic nitrogens is 6. The second-order valence-electron chi connectivity index (χ2n) is 26.8. The van der Waals surface area contributed by atoms with Gasteiger partial charge in [0.1, 0.15) is 35.9 Å². The summed E-state index contributed by atoms with van der Waals surface area (Å²) in [6.07, 6.45) is 2.67. The predicted octanol–water partition coefficient (Wildman–Crippen LogP) is 10.9. The standard InChI is InChI=1S/C73H77Cl2N15O13/c1-72(2,3)102-70(98)89-34-43(30-74)62-47-22-20-45(26-49(47)53(28-51(62)89)100-39-41-16-12-10-13-17-41)78-58(91)24-25-59(92)80-55-36-87(8)65(81-55)68(96)85-57-38-88(9)66(83-57)69(97)84-56-37-86(7)64(82-56)67(95)77-32-60(93)76-33-61(94)79-46-21-23-48-50(27-46)54(101-40-42-18-14-11-15-19-42)29-52-63(48)44(31-75)35-90(52)71(99)103-73(4,5)6/h10-23,26-29,36-38,43-44H,24-25,30-35,39-40H2,1-9H3,(H,76,93)(H,77,95)(H,78,91)(H,79,94)(H,80,92)(H,84,97)(H,85,96). The molecular formula is C73H77Cl2N15O13. The van der Waals surface area contributed by atoms with Crippen molar-refractivity contribution in [1.82, 2.24) is 39.3 Å². The number of carbonyl (C=O) groups is 9. The quantitative estimate of drug-likeness (QED) is 0.0293. The van der Waals surface area contributed by atoms with Gasteiger partial charge in [-0.2, -0.15) is 0 Å². The molecule has 0 aliphatic carbocycles. The molecule has 3 aromatic heterocycles. The lowest BCUT2D eigenvalue weighted by Crippen LogP contribution is -2.40. The molecule has 0 saturated heterocycles. The van der Waals surface area contributed by atoms with Crippen molar-refractivity contribution in [1.29, 1.82) is 0 Å². The monoisotopic (exact) mass is 1440 g/mol. The number of ether oxygens (including phenoxy) is 4. The number of anilines is 7. The number of nitrogens with one attached hydrogen (secondary N) is 7. The maximum absolute atomic E-state index is 13.5. The summed E-state index contributed by atoms with van der Waals surface area (Å²) >= 11 is 13.0. The number of rotatable bonds is 23. The average Bonchev–Trinajstić information content (AvgIpc) is 1.65. The van der Waals surface area contributed by atoms with E-state index in [-0.39, 0.29) is 84.6 Å². The third-order valence-electron chi connectivity index (χ3n) is 16.5. The number of fused-ring (bicyclic) bond motifs is 6. The Balaban J connectivity index is 0.647. The van der Waals surface area contributed by atoms with E-state index in [1.807, 2.05) is 72.8 Å². The van der Waals surface area contributed by atoms with Gasteiger partial charge >= 0.3 is 12.2 Å². The zero-order valence-corrected chi connectivity index (χ0v) is 59.5. The Kier molecular flexibility index (Phi) is 21.7. The first-order valence-electron chi connectivity index (χ1n) is 32.9. The predicted molar refractivity (Wildman–Crippen MR) is 390 cm³/mol. The van der Waals surface area contributed by atoms with Gasteiger partial charge in [-0.25, -0.2) is 24.5 Å². The highest BCUT2D eigenvalue weighted by molar-refractivity contribution is 6.20. The Hall–Kier alpha value is -11.5. The highest BCUT2D eigenvalue weighted by atomic mass is 35.5. The van der Waals surface area contributed by atoms with Crippen molar-refractivity contribution in [3.8, 4) is 11.5 Å². The maximum atomic E-state index is 13.5. The number of nitrogens with zero attached hydrogens (tertiary/aromatic N) is 8. The van der Waals surface area contributed by atoms with Gasteiger partial charge in [-0.15, -0.1) is 23.2 Å². The molecule has 2 aliphatic heterocycles. The van der Waals surface area contributed by atoms with E-state index in [0.29, 0.717) is 58.1 Å². The van der Waals surface area contributed by atoms with Crippen LogP contribution in [0.5, 0.6) is 11.5 Å². The van der Waals surface area contributed by atoms with Crippen molar-refractivity contribution in [3.05, 3.63) is 168 Å². The maximum Gasteiger partial charge on any atom is 0.414 e. The lowest BCUT2D eigenvalue weighted by Gasteiger charge is -2.25. The lowest BCUT2D eigenvalue weighted by atomic mass is 9.95. The summed E-state index contributed by atoms with van der Waals surface area (Å²) in [5, 5.41) is 21.3. The number of hydrogen-bond donors (Lipinski definition) is 7. The number of amides is 9. The number of hydrogen-bond acceptors (Lipinski definition) is 16. The number of aryl methyl sites for hydroxylation is 3. The number of benzene rings is 6. The van der Waals surface area contributed by atoms with Crippen molar-refractivity contribution < 1.29 is 62.1 Å². The smallest absolute Gasteiger partial charge is 0.414 e. The van der Waals surface area contributed by atoms with Crippen molar-refractivity contribution in [2.75, 3.05) is 74.3 Å². The zero-order chi connectivity index (χ0) is 73.6. The van der Waals surface area contributed by atoms with Crippen LogP contribution < -0.4 is 56.5 Å². The molecule has 0 radical (unpaired) electrons. The molecule has 0 spiro atoms. The molecule has 5 heterocycles. The fraction of sp³-hybridized carbons (Fsp3) is 0.315. The van der Waals surface area contributed by atoms with Gasteiger partial charge in [0.25, 0.3) is 17.7 Å². The third-order valence-corrected chi connectivity index (χ3v) is 17.3. The van der Waals surface area contributed by atoms with Crippen molar-refractivity contribution in [3.63, 3.8) is 0 Å². The van der Waals surface area contributed by atoms with E-state index >= 15 is 0 Å². The van der Waals surface area contributed by atoms with Crippen molar-refractivity contribution in [2.45, 2.75) is 90.6 Å². The summed E-state index contributed by atoms with van der Waals surface area (Å²) in [5.74, 6) is -4.13. The number of halogens is 2. The molecule has 0 saturated carbocycles. The average molecular weight is 1440 g/mol. The Bertz CT molecular complexity index is 4790. The van der Waals surface area contributed by atoms with Gasteiger partial charge in [-0.05, 0) is 98.8 Å². The van der Waals surface area contributed by atoms with Crippen LogP contribution in [0.15, 0.2) is 128 Å². The van der Waals surface area contributed by atoms with E-state index in [1.54, 1.807) is 87.7 Å². The summed E-state index contributed by atoms with van der Waals surface area (Å²) < 4.78 is 28.4. The van der Waals surface area contributed by atoms with E-state index in [9.17, 15) is 43.2 Å². The number of alkyl halides is 2. The molecule has 11 rings (SSSR count). The Morgan fingerprint density at radius 1 is 0.456 bits per heavy atom. The molecule has 7 N–H and O–H groups in total. The Morgan fingerprint density at radius 2 is 0.845 bits per heavy atom. The largest absolute Gasteiger partial charge is 0.488 e. The highest BCUT2D eigenvalue weighted by Crippen LogP contribution is 2.49. The molecular weight excluding hydrogens is 1370 g/mol. The Labute approximate surface area is 602 Å². The van der Waals surface area contributed by atoms with Crippen LogP contribution >= 0.6 is 23.2 Å². The minimum Gasteiger partial charge on any atom is -0.488 e. The minimum atomic E-state index is -0.774. The van der Waals surface area contributed by atoms with Crippen molar-refractivity contribution >= 4 is 138 Å². The number of carbonyl (C=O) groups excluding carboxylic acids is 9. The van der Waals surface area contributed by atoms with E-state index in [1.165, 1.54) is 53.4 Å². The fourth-order valence-electron chi connectivity index (χ4n) is 11.9. The molecule has 0 fully saturated rings. The second-order valence-corrected chi connectivity index (χ2v) is 27.4. The topological polar surface area (TPSA) is 335 Å². The van der Waals surface area contributed by atoms with E-state index in [2.05, 4.69) is 52.2 Å². The van der Waals surface area contributed by atoms with Gasteiger partial charge in [0.2, 0.25) is 41.1 Å². The molecule has 30 heteroatoms. The molecule has 2 aliphatic rings. The summed E-state index contributed by atoms with van der Waals surface area (Å²) in [6.45, 7) is 10.8. The van der Waals surface area contributed by atoms with Crippen LogP contribution in [0.3, 0.4) is 0 Å². The van der Waals surface area contributed by atoms with Gasteiger partial charge in [-0.3, -0.25) is 43.4 Å². The Morgan fingerprint density at radius 3 is 1.26 bits per heavy atom. The molecule has 0 bridgehead atoms. The van der Waals surface area contributed by atoms with Gasteiger partial charge in [0.05, 0.1) is 24.5 Å². The summed E-state index contributed by atoms with van der Waals surface area (Å²) in [6, 6.07) is 33.4. The van der Waals surface area contributed by atoms with Crippen LogP contribution in [0.1, 0.15) is 120 Å². The van der Waals surface area contributed by atoms with Crippen LogP contribution in [0.2, 0.25) is 0 Å². The molecule has 9 aromatic rings. The molecule has 28 nitrogen and oxygen atoms in total. The zero-order valence-electron chi connectivity index (χ0n) is 58.0. The molecule has 2 atom stereocenters. The van der Waals surface area contributed by atoms with Crippen LogP contribution in [0, 0.1) is 0 Å². The van der Waals surface area contributed by atoms with Crippen LogP contribution in [0.25, 0.3) is 21.5 Å². The van der Waals surface area contributed by atoms with Crippen LogP contribution in [-0.4, -0.2) is 131 Å². The molecule has 2 unspecified atom stereocenters. The van der Waals surface area contributed by atoms with E-state index < -0.39 is 77.8 Å². The third kappa shape index (κ3) is 17.4. The van der Waals surface area contributed by atoms with Crippen LogP contribution in [-0.2, 0) is 63.0 Å². The van der Waals surface area contributed by atoms with Crippen LogP contribution in [0.4, 0.5) is 49.8 Å². The fourth-order valence-corrected chi connectivity index (χ4v) is 12.4. The number of imidazole rings is 3. The summed E-state index contributed by atoms with van der Waals surface area (Å²) in [5.41, 5.74) is 4.09. The SMILES string of the molecule is Cn1cc(NC(=O)c2nc(NC(=O)c3nc(NC(=O)CCC(=O)Nc4ccc5c6c(cc(OCc7ccccc7)c5c4)N(C(=O)OC(C)(C)C)CC6CCl)cn3C)cn2C)nc1C(=O)NCC(=O)NCC(=O)Nc1ccc2c3c(cc(OCc4ccccc4)c2c1)N(C(=O)OC(C)(C)C)CC3CCl. The van der Waals surface area contributed by atoms with Gasteiger partial charge in [0, 0.05) is 124 Å². The molecule has 9 amide bonds. The first-order chi connectivity index (χ1) is 49.1. The normalized spacial score (nSPS) is 13.9. The first kappa shape index (κ1) is 72.7. The minimum absolute atomic E-state index is 0.0269. The highest BCUT2D eigenvalue weighted by Gasteiger charge is 2.39. The van der Waals surface area contributed by atoms with Gasteiger partial charge in [0.15, 0.2) is 17.5 Å². The summed E-state index contributed by atoms with van der Waals surface area (Å²) in [7, 11) is 4.54. The molecule has 103 heavy (non-hydrogen) atoms. The second kappa shape index (κ2) is 30.8. The van der Waals surface area contributed by atoms with Crippen molar-refractivity contribution in [2.24, 2.45) is 21.1 Å².